The molecule has 16 nitrogen and oxygen atoms in total. The minimum atomic E-state index is -1.32. The van der Waals surface area contributed by atoms with Crippen LogP contribution in [0.15, 0.2) is 65.9 Å². The second-order valence-corrected chi connectivity index (χ2v) is 11.4. The molecule has 0 radical (unpaired) electrons. The summed E-state index contributed by atoms with van der Waals surface area (Å²) in [5, 5.41) is 19.3. The Bertz CT molecular complexity index is 1810. The topological polar surface area (TPSA) is 290 Å². The van der Waals surface area contributed by atoms with Gasteiger partial charge in [0.25, 0.3) is 0 Å². The lowest BCUT2D eigenvalue weighted by atomic mass is 10.0. The number of benzene rings is 2. The van der Waals surface area contributed by atoms with Gasteiger partial charge in [-0.1, -0.05) is 36.4 Å². The molecule has 4 atom stereocenters. The van der Waals surface area contributed by atoms with Gasteiger partial charge in [-0.05, 0) is 36.1 Å². The number of hydrogen-bond donors (Lipinski definition) is 10. The number of rotatable bonds is 17. The number of nitrogens with two attached hydrogens (primary N) is 4. The number of para-hydroxylation sites is 2. The van der Waals surface area contributed by atoms with Gasteiger partial charge >= 0.3 is 5.97 Å². The molecule has 4 unspecified atom stereocenters. The maximum absolute atomic E-state index is 14.0. The predicted octanol–water partition coefficient (Wildman–Crippen LogP) is -0.770. The van der Waals surface area contributed by atoms with Crippen molar-refractivity contribution >= 4 is 57.4 Å². The molecule has 254 valence electrons. The first kappa shape index (κ1) is 35.0. The molecule has 48 heavy (non-hydrogen) atoms. The van der Waals surface area contributed by atoms with E-state index in [0.29, 0.717) is 11.1 Å². The maximum atomic E-state index is 14.0. The minimum absolute atomic E-state index is 0.00511. The van der Waals surface area contributed by atoms with Crippen molar-refractivity contribution < 1.29 is 29.1 Å². The van der Waals surface area contributed by atoms with Gasteiger partial charge in [-0.15, -0.1) is 0 Å². The highest BCUT2D eigenvalue weighted by Gasteiger charge is 2.32. The molecule has 0 bridgehead atoms. The first-order valence-electron chi connectivity index (χ1n) is 15.3. The van der Waals surface area contributed by atoms with E-state index in [1.807, 2.05) is 48.5 Å². The maximum Gasteiger partial charge on any atom is 0.326 e. The molecule has 0 aliphatic rings. The Morgan fingerprint density at radius 3 is 1.69 bits per heavy atom. The average Bonchev–Trinajstić information content (AvgIpc) is 3.65. The lowest BCUT2D eigenvalue weighted by Gasteiger charge is -2.25. The molecule has 0 spiro atoms. The lowest BCUT2D eigenvalue weighted by molar-refractivity contribution is -0.142. The van der Waals surface area contributed by atoms with Crippen LogP contribution < -0.4 is 38.9 Å². The van der Waals surface area contributed by atoms with Crippen molar-refractivity contribution in [2.45, 2.75) is 56.3 Å². The van der Waals surface area contributed by atoms with E-state index in [-0.39, 0.29) is 38.2 Å². The average molecular weight is 661 g/mol. The van der Waals surface area contributed by atoms with Crippen LogP contribution in [0.3, 0.4) is 0 Å². The number of carbonyl (C=O) groups excluding carboxylic acids is 4. The van der Waals surface area contributed by atoms with Gasteiger partial charge in [0.05, 0.1) is 12.5 Å². The van der Waals surface area contributed by atoms with Crippen molar-refractivity contribution in [3.8, 4) is 0 Å². The van der Waals surface area contributed by atoms with E-state index in [1.165, 1.54) is 0 Å². The number of nitrogens with one attached hydrogen (secondary N) is 5. The Morgan fingerprint density at radius 2 is 1.21 bits per heavy atom. The van der Waals surface area contributed by atoms with Crippen LogP contribution in [0.25, 0.3) is 21.8 Å². The highest BCUT2D eigenvalue weighted by Crippen LogP contribution is 2.21. The van der Waals surface area contributed by atoms with Crippen LogP contribution >= 0.6 is 0 Å². The standard InChI is InChI=1S/C32H40N10O6/c33-21(14-27(34)43)28(44)41-25(12-17-15-38-22-8-3-1-6-19(17)22)30(46)42-26(13-18-16-39-23-9-4-2-7-20(18)23)29(45)40-24(31(47)48)10-5-11-37-32(35)36/h1-4,6-9,15-16,21,24-26,38-39H,5,10-14,33H2,(H2,34,43)(H,40,45)(H,41,44)(H,42,46)(H,47,48)(H4,35,36,37). The van der Waals surface area contributed by atoms with E-state index in [9.17, 15) is 29.1 Å². The lowest BCUT2D eigenvalue weighted by Crippen LogP contribution is -2.58. The van der Waals surface area contributed by atoms with Crippen LogP contribution in [0.1, 0.15) is 30.4 Å². The predicted molar refractivity (Wildman–Crippen MR) is 179 cm³/mol. The van der Waals surface area contributed by atoms with E-state index < -0.39 is 60.2 Å². The molecule has 0 saturated carbocycles. The van der Waals surface area contributed by atoms with Gasteiger partial charge in [-0.3, -0.25) is 24.2 Å². The zero-order chi connectivity index (χ0) is 34.8. The first-order valence-corrected chi connectivity index (χ1v) is 15.3. The molecule has 16 heteroatoms. The fourth-order valence-corrected chi connectivity index (χ4v) is 5.35. The number of H-pyrrole nitrogens is 2. The van der Waals surface area contributed by atoms with Crippen LogP contribution in [0.4, 0.5) is 0 Å². The van der Waals surface area contributed by atoms with Crippen LogP contribution in [-0.2, 0) is 36.8 Å². The van der Waals surface area contributed by atoms with Gasteiger partial charge in [0.1, 0.15) is 18.1 Å². The van der Waals surface area contributed by atoms with Crippen molar-refractivity contribution in [2.75, 3.05) is 6.54 Å². The third-order valence-electron chi connectivity index (χ3n) is 7.78. The third-order valence-corrected chi connectivity index (χ3v) is 7.78. The normalized spacial score (nSPS) is 13.6. The van der Waals surface area contributed by atoms with Gasteiger partial charge in [0.2, 0.25) is 23.6 Å². The Morgan fingerprint density at radius 1 is 0.729 bits per heavy atom. The molecule has 4 aromatic rings. The summed E-state index contributed by atoms with van der Waals surface area (Å²) in [4.78, 5) is 74.3. The number of hydrogen-bond acceptors (Lipinski definition) is 7. The number of fused-ring (bicyclic) bond motifs is 2. The Balaban J connectivity index is 1.62. The Hall–Kier alpha value is -5.90. The van der Waals surface area contributed by atoms with Crippen molar-refractivity contribution in [1.29, 1.82) is 0 Å². The largest absolute Gasteiger partial charge is 0.480 e. The van der Waals surface area contributed by atoms with Crippen LogP contribution in [0.2, 0.25) is 0 Å². The fraction of sp³-hybridized carbons (Fsp3) is 0.312. The number of aromatic nitrogens is 2. The van der Waals surface area contributed by atoms with E-state index >= 15 is 0 Å². The van der Waals surface area contributed by atoms with Gasteiger partial charge in [-0.25, -0.2) is 4.79 Å². The molecule has 2 heterocycles. The molecule has 0 saturated heterocycles. The molecular weight excluding hydrogens is 620 g/mol. The fourth-order valence-electron chi connectivity index (χ4n) is 5.35. The number of amides is 4. The number of guanidine groups is 1. The van der Waals surface area contributed by atoms with Crippen molar-refractivity contribution in [1.82, 2.24) is 25.9 Å². The number of aromatic amines is 2. The zero-order valence-electron chi connectivity index (χ0n) is 26.1. The van der Waals surface area contributed by atoms with Crippen LogP contribution in [-0.4, -0.2) is 81.3 Å². The molecule has 0 aliphatic heterocycles. The Labute approximate surface area is 275 Å². The summed E-state index contributed by atoms with van der Waals surface area (Å²) in [5.41, 5.74) is 24.8. The zero-order valence-corrected chi connectivity index (χ0v) is 26.1. The van der Waals surface area contributed by atoms with E-state index in [1.54, 1.807) is 12.4 Å². The van der Waals surface area contributed by atoms with Crippen molar-refractivity contribution in [3.63, 3.8) is 0 Å². The monoisotopic (exact) mass is 660 g/mol. The van der Waals surface area contributed by atoms with Crippen molar-refractivity contribution in [2.24, 2.45) is 27.9 Å². The third kappa shape index (κ3) is 9.32. The quantitative estimate of drug-likeness (QED) is 0.0386. The van der Waals surface area contributed by atoms with Crippen molar-refractivity contribution in [3.05, 3.63) is 72.1 Å². The molecule has 2 aromatic heterocycles. The molecule has 14 N–H and O–H groups in total. The molecular formula is C32H40N10O6. The number of carbonyl (C=O) groups is 5. The molecule has 4 rings (SSSR count). The first-order chi connectivity index (χ1) is 22.9. The van der Waals surface area contributed by atoms with Crippen LogP contribution in [0.5, 0.6) is 0 Å². The van der Waals surface area contributed by atoms with E-state index in [4.69, 9.17) is 22.9 Å². The SMILES string of the molecule is NC(=O)CC(N)C(=O)NC(Cc1c[nH]c2ccccc12)C(=O)NC(Cc1c[nH]c2ccccc12)C(=O)NC(CCCN=C(N)N)C(=O)O. The van der Waals surface area contributed by atoms with E-state index in [2.05, 4.69) is 30.9 Å². The molecule has 4 amide bonds. The number of aliphatic carboxylic acids is 1. The summed E-state index contributed by atoms with van der Waals surface area (Å²) in [5.74, 6) is -4.50. The number of carboxylic acids is 1. The molecule has 2 aromatic carbocycles. The highest BCUT2D eigenvalue weighted by atomic mass is 16.4. The second-order valence-electron chi connectivity index (χ2n) is 11.4. The van der Waals surface area contributed by atoms with Gasteiger partial charge in [0.15, 0.2) is 5.96 Å². The summed E-state index contributed by atoms with van der Waals surface area (Å²) in [6.07, 6.45) is 3.22. The highest BCUT2D eigenvalue weighted by molar-refractivity contribution is 5.96. The molecule has 0 fully saturated rings. The van der Waals surface area contributed by atoms with Gasteiger partial charge in [0, 0.05) is 53.6 Å². The smallest absolute Gasteiger partial charge is 0.326 e. The minimum Gasteiger partial charge on any atom is -0.480 e. The van der Waals surface area contributed by atoms with Gasteiger partial charge in [-0.2, -0.15) is 0 Å². The number of nitrogens with zero attached hydrogens (tertiary/aromatic N) is 1. The Kier molecular flexibility index (Phi) is 11.7. The summed E-state index contributed by atoms with van der Waals surface area (Å²) in [6, 6.07) is 9.61. The second kappa shape index (κ2) is 16.1. The van der Waals surface area contributed by atoms with Crippen LogP contribution in [0, 0.1) is 0 Å². The molecule has 0 aliphatic carbocycles. The summed E-state index contributed by atoms with van der Waals surface area (Å²) < 4.78 is 0. The summed E-state index contributed by atoms with van der Waals surface area (Å²) in [7, 11) is 0. The van der Waals surface area contributed by atoms with Gasteiger partial charge < -0.3 is 54.0 Å². The summed E-state index contributed by atoms with van der Waals surface area (Å²) in [6.45, 7) is 0.157. The number of aliphatic imine (C=N–C) groups is 1. The number of primary amides is 1. The summed E-state index contributed by atoms with van der Waals surface area (Å²) >= 11 is 0. The van der Waals surface area contributed by atoms with E-state index in [0.717, 1.165) is 21.8 Å². The number of carboxylic acid groups (broad SMARTS) is 1.